The highest BCUT2D eigenvalue weighted by Gasteiger charge is 2.24. The molecule has 0 atom stereocenters. The summed E-state index contributed by atoms with van der Waals surface area (Å²) in [5, 5.41) is 9.69. The molecule has 4 nitrogen and oxygen atoms in total. The molecule has 0 saturated carbocycles. The third-order valence-electron chi connectivity index (χ3n) is 4.12. The number of thiazole rings is 1. The van der Waals surface area contributed by atoms with Gasteiger partial charge in [-0.3, -0.25) is 4.40 Å². The average molecular weight is 328 g/mol. The van der Waals surface area contributed by atoms with E-state index in [1.165, 1.54) is 10.4 Å². The average Bonchev–Trinajstić information content (AvgIpc) is 3.02. The fourth-order valence-electron chi connectivity index (χ4n) is 3.06. The van der Waals surface area contributed by atoms with Gasteiger partial charge < -0.3 is 5.11 Å². The minimum Gasteiger partial charge on any atom is -0.477 e. The third-order valence-corrected chi connectivity index (χ3v) is 5.30. The van der Waals surface area contributed by atoms with Crippen molar-refractivity contribution in [2.24, 2.45) is 0 Å². The van der Waals surface area contributed by atoms with E-state index in [1.54, 1.807) is 11.3 Å². The number of fused-ring (bicyclic) bond motifs is 1. The van der Waals surface area contributed by atoms with Crippen molar-refractivity contribution in [3.05, 3.63) is 45.6 Å². The van der Waals surface area contributed by atoms with Gasteiger partial charge in [-0.25, -0.2) is 9.78 Å². The number of aromatic carboxylic acids is 1. The zero-order chi connectivity index (χ0) is 16.7. The fraction of sp³-hybridized carbons (Fsp3) is 0.333. The Balaban J connectivity index is 2.42. The maximum absolute atomic E-state index is 11.8. The summed E-state index contributed by atoms with van der Waals surface area (Å²) in [6.45, 7) is 8.18. The van der Waals surface area contributed by atoms with E-state index in [-0.39, 0.29) is 0 Å². The molecule has 0 aliphatic carbocycles. The minimum atomic E-state index is -0.916. The van der Waals surface area contributed by atoms with Crippen LogP contribution in [0.3, 0.4) is 0 Å². The molecular formula is C18H20N2O2S. The molecule has 3 rings (SSSR count). The summed E-state index contributed by atoms with van der Waals surface area (Å²) in [6, 6.07) is 6.29. The SMILES string of the molecule is CCc1nc2sc(CC)c(-c3ccc(C)cc3C)n2c1C(=O)O. The Morgan fingerprint density at radius 3 is 2.57 bits per heavy atom. The number of nitrogens with zero attached hydrogens (tertiary/aromatic N) is 2. The van der Waals surface area contributed by atoms with Gasteiger partial charge in [0.05, 0.1) is 11.4 Å². The van der Waals surface area contributed by atoms with Crippen LogP contribution < -0.4 is 0 Å². The second-order valence-corrected chi connectivity index (χ2v) is 6.79. The predicted molar refractivity (Wildman–Crippen MR) is 93.7 cm³/mol. The standard InChI is InChI=1S/C18H20N2O2S/c1-5-13-16(17(21)22)20-15(14(6-2)23-18(20)19-13)12-8-7-10(3)9-11(12)4/h7-9H,5-6H2,1-4H3,(H,21,22). The van der Waals surface area contributed by atoms with Gasteiger partial charge in [-0.2, -0.15) is 0 Å². The molecule has 1 aromatic carbocycles. The summed E-state index contributed by atoms with van der Waals surface area (Å²) in [7, 11) is 0. The molecule has 3 aromatic rings. The summed E-state index contributed by atoms with van der Waals surface area (Å²) in [5.41, 5.74) is 5.37. The van der Waals surface area contributed by atoms with Crippen molar-refractivity contribution in [2.45, 2.75) is 40.5 Å². The van der Waals surface area contributed by atoms with E-state index >= 15 is 0 Å². The lowest BCUT2D eigenvalue weighted by Crippen LogP contribution is -2.06. The van der Waals surface area contributed by atoms with Gasteiger partial charge in [0.25, 0.3) is 0 Å². The molecule has 5 heteroatoms. The number of carbonyl (C=O) groups is 1. The maximum atomic E-state index is 11.8. The number of aryl methyl sites for hydroxylation is 4. The van der Waals surface area contributed by atoms with Crippen molar-refractivity contribution in [2.75, 3.05) is 0 Å². The molecule has 0 aliphatic heterocycles. The van der Waals surface area contributed by atoms with Crippen molar-refractivity contribution in [3.63, 3.8) is 0 Å². The first-order valence-corrected chi connectivity index (χ1v) is 8.63. The summed E-state index contributed by atoms with van der Waals surface area (Å²) in [5.74, 6) is -0.916. The molecule has 0 aliphatic rings. The van der Waals surface area contributed by atoms with Crippen molar-refractivity contribution in [1.82, 2.24) is 9.38 Å². The lowest BCUT2D eigenvalue weighted by molar-refractivity contribution is 0.0688. The third kappa shape index (κ3) is 2.45. The van der Waals surface area contributed by atoms with Gasteiger partial charge in [0.2, 0.25) is 0 Å². The number of carboxylic acid groups (broad SMARTS) is 1. The van der Waals surface area contributed by atoms with E-state index in [9.17, 15) is 9.90 Å². The lowest BCUT2D eigenvalue weighted by atomic mass is 10.0. The topological polar surface area (TPSA) is 54.6 Å². The van der Waals surface area contributed by atoms with E-state index < -0.39 is 5.97 Å². The van der Waals surface area contributed by atoms with Crippen LogP contribution in [0, 0.1) is 13.8 Å². The van der Waals surface area contributed by atoms with Crippen LogP contribution in [0.4, 0.5) is 0 Å². The highest BCUT2D eigenvalue weighted by Crippen LogP contribution is 2.36. The number of rotatable bonds is 4. The zero-order valence-electron chi connectivity index (χ0n) is 13.8. The molecule has 0 saturated heterocycles. The number of hydrogen-bond acceptors (Lipinski definition) is 3. The summed E-state index contributed by atoms with van der Waals surface area (Å²) in [6.07, 6.45) is 1.47. The Labute approximate surface area is 139 Å². The van der Waals surface area contributed by atoms with Crippen LogP contribution in [0.1, 0.15) is 46.0 Å². The number of benzene rings is 1. The lowest BCUT2D eigenvalue weighted by Gasteiger charge is -2.10. The Morgan fingerprint density at radius 1 is 1.26 bits per heavy atom. The van der Waals surface area contributed by atoms with Crippen LogP contribution in [0.15, 0.2) is 18.2 Å². The molecule has 1 N–H and O–H groups in total. The highest BCUT2D eigenvalue weighted by molar-refractivity contribution is 7.17. The minimum absolute atomic E-state index is 0.299. The van der Waals surface area contributed by atoms with E-state index in [4.69, 9.17) is 0 Å². The number of imidazole rings is 1. The highest BCUT2D eigenvalue weighted by atomic mass is 32.1. The smallest absolute Gasteiger partial charge is 0.354 e. The van der Waals surface area contributed by atoms with Gasteiger partial charge in [-0.1, -0.05) is 37.6 Å². The van der Waals surface area contributed by atoms with Crippen LogP contribution in [-0.2, 0) is 12.8 Å². The second kappa shape index (κ2) is 5.81. The number of aromatic nitrogens is 2. The normalized spacial score (nSPS) is 11.3. The van der Waals surface area contributed by atoms with Gasteiger partial charge in [-0.15, -0.1) is 11.3 Å². The van der Waals surface area contributed by atoms with Crippen LogP contribution in [0.25, 0.3) is 16.2 Å². The quantitative estimate of drug-likeness (QED) is 0.767. The molecule has 2 heterocycles. The van der Waals surface area contributed by atoms with Gasteiger partial charge in [-0.05, 0) is 32.3 Å². The monoisotopic (exact) mass is 328 g/mol. The first kappa shape index (κ1) is 15.7. The van der Waals surface area contributed by atoms with Crippen LogP contribution in [0.2, 0.25) is 0 Å². The number of hydrogen-bond donors (Lipinski definition) is 1. The molecule has 0 bridgehead atoms. The van der Waals surface area contributed by atoms with Crippen molar-refractivity contribution >= 4 is 22.3 Å². The Kier molecular flexibility index (Phi) is 3.98. The van der Waals surface area contributed by atoms with Gasteiger partial charge in [0, 0.05) is 10.4 Å². The Bertz CT molecular complexity index is 906. The van der Waals surface area contributed by atoms with Gasteiger partial charge >= 0.3 is 5.97 Å². The Hall–Kier alpha value is -2.14. The summed E-state index contributed by atoms with van der Waals surface area (Å²) < 4.78 is 1.84. The van der Waals surface area contributed by atoms with Crippen molar-refractivity contribution < 1.29 is 9.90 Å². The molecule has 0 unspecified atom stereocenters. The van der Waals surface area contributed by atoms with Crippen molar-refractivity contribution in [3.8, 4) is 11.3 Å². The first-order valence-electron chi connectivity index (χ1n) is 7.81. The Morgan fingerprint density at radius 2 is 2.00 bits per heavy atom. The molecule has 2 aromatic heterocycles. The van der Waals surface area contributed by atoms with E-state index in [0.29, 0.717) is 17.8 Å². The predicted octanol–water partition coefficient (Wildman–Crippen LogP) is 4.50. The molecule has 0 spiro atoms. The fourth-order valence-corrected chi connectivity index (χ4v) is 4.15. The zero-order valence-corrected chi connectivity index (χ0v) is 14.6. The van der Waals surface area contributed by atoms with Crippen LogP contribution >= 0.6 is 11.3 Å². The van der Waals surface area contributed by atoms with E-state index in [0.717, 1.165) is 28.2 Å². The maximum Gasteiger partial charge on any atom is 0.354 e. The van der Waals surface area contributed by atoms with Crippen molar-refractivity contribution in [1.29, 1.82) is 0 Å². The molecule has 0 radical (unpaired) electrons. The number of carboxylic acids is 1. The molecular weight excluding hydrogens is 308 g/mol. The van der Waals surface area contributed by atoms with Crippen LogP contribution in [-0.4, -0.2) is 20.5 Å². The van der Waals surface area contributed by atoms with Crippen LogP contribution in [0.5, 0.6) is 0 Å². The van der Waals surface area contributed by atoms with E-state index in [2.05, 4.69) is 44.0 Å². The second-order valence-electron chi connectivity index (χ2n) is 5.73. The molecule has 23 heavy (non-hydrogen) atoms. The largest absolute Gasteiger partial charge is 0.477 e. The van der Waals surface area contributed by atoms with Gasteiger partial charge in [0.15, 0.2) is 10.7 Å². The molecule has 120 valence electrons. The first-order chi connectivity index (χ1) is 11.0. The molecule has 0 amide bonds. The van der Waals surface area contributed by atoms with E-state index in [1.807, 2.05) is 11.3 Å². The summed E-state index contributed by atoms with van der Waals surface area (Å²) >= 11 is 1.59. The molecule has 0 fully saturated rings. The van der Waals surface area contributed by atoms with Gasteiger partial charge in [0.1, 0.15) is 0 Å². The summed E-state index contributed by atoms with van der Waals surface area (Å²) in [4.78, 5) is 18.3.